The van der Waals surface area contributed by atoms with Crippen LogP contribution < -0.4 is 0 Å². The number of carbonyl (C=O) groups excluding carboxylic acids is 1. The molecule has 0 unspecified atom stereocenters. The summed E-state index contributed by atoms with van der Waals surface area (Å²) >= 11 is 6.82. The van der Waals surface area contributed by atoms with Crippen LogP contribution in [0.25, 0.3) is 0 Å². The van der Waals surface area contributed by atoms with Crippen LogP contribution in [0, 0.1) is 0 Å². The quantitative estimate of drug-likeness (QED) is 0.797. The maximum absolute atomic E-state index is 12.0. The van der Waals surface area contributed by atoms with E-state index in [1.165, 1.54) is 9.75 Å². The van der Waals surface area contributed by atoms with Gasteiger partial charge < -0.3 is 4.90 Å². The molecule has 0 atom stereocenters. The minimum absolute atomic E-state index is 0.202. The number of carbonyl (C=O) groups is 1. The third-order valence-corrected chi connectivity index (χ3v) is 5.16. The molecule has 2 aromatic rings. The van der Waals surface area contributed by atoms with Crippen LogP contribution in [0.15, 0.2) is 33.4 Å². The first-order valence-corrected chi connectivity index (χ1v) is 8.14. The molecule has 0 spiro atoms. The predicted octanol–water partition coefficient (Wildman–Crippen LogP) is 4.16. The lowest BCUT2D eigenvalue weighted by Gasteiger charge is -2.15. The van der Waals surface area contributed by atoms with E-state index < -0.39 is 0 Å². The number of hydrogen-bond acceptors (Lipinski definition) is 3. The average molecular weight is 344 g/mol. The molecule has 0 radical (unpaired) electrons. The van der Waals surface area contributed by atoms with Crippen LogP contribution >= 0.6 is 38.6 Å². The molecule has 96 valence electrons. The molecule has 0 saturated heterocycles. The lowest BCUT2D eigenvalue weighted by atomic mass is 10.2. The van der Waals surface area contributed by atoms with Gasteiger partial charge in [0.2, 0.25) is 5.91 Å². The van der Waals surface area contributed by atoms with Crippen molar-refractivity contribution < 1.29 is 4.79 Å². The summed E-state index contributed by atoms with van der Waals surface area (Å²) in [5.41, 5.74) is 0. The summed E-state index contributed by atoms with van der Waals surface area (Å²) in [6, 6.07) is 8.17. The van der Waals surface area contributed by atoms with Gasteiger partial charge in [-0.25, -0.2) is 0 Å². The van der Waals surface area contributed by atoms with Crippen molar-refractivity contribution in [3.63, 3.8) is 0 Å². The van der Waals surface area contributed by atoms with Crippen molar-refractivity contribution in [1.29, 1.82) is 0 Å². The molecule has 2 heterocycles. The van der Waals surface area contributed by atoms with Crippen LogP contribution in [-0.2, 0) is 17.8 Å². The van der Waals surface area contributed by atoms with Gasteiger partial charge in [0, 0.05) is 23.2 Å². The number of amides is 1. The maximum atomic E-state index is 12.0. The number of nitrogens with zero attached hydrogens (tertiary/aromatic N) is 1. The van der Waals surface area contributed by atoms with Crippen molar-refractivity contribution in [2.75, 3.05) is 7.05 Å². The van der Waals surface area contributed by atoms with Crippen LogP contribution in [0.4, 0.5) is 0 Å². The molecule has 0 aromatic carbocycles. The Balaban J connectivity index is 1.81. The van der Waals surface area contributed by atoms with E-state index in [0.29, 0.717) is 13.0 Å². The molecule has 0 fully saturated rings. The number of halogens is 1. The maximum Gasteiger partial charge on any atom is 0.222 e. The third-order valence-electron chi connectivity index (χ3n) is 2.61. The summed E-state index contributed by atoms with van der Waals surface area (Å²) in [5, 5.41) is 2.05. The molecule has 0 aliphatic heterocycles. The van der Waals surface area contributed by atoms with E-state index in [0.717, 1.165) is 10.2 Å². The minimum atomic E-state index is 0.202. The van der Waals surface area contributed by atoms with Gasteiger partial charge in [0.15, 0.2) is 0 Å². The molecule has 0 saturated carbocycles. The molecular formula is C13H14BrNOS2. The van der Waals surface area contributed by atoms with Crippen LogP contribution in [0.2, 0.25) is 0 Å². The lowest BCUT2D eigenvalue weighted by molar-refractivity contribution is -0.130. The highest BCUT2D eigenvalue weighted by Crippen LogP contribution is 2.23. The number of aryl methyl sites for hydroxylation is 1. The first kappa shape index (κ1) is 13.8. The SMILES string of the molecule is CN(Cc1ccc(Br)s1)C(=O)CCc1cccs1. The zero-order chi connectivity index (χ0) is 13.0. The van der Waals surface area contributed by atoms with E-state index in [2.05, 4.69) is 28.1 Å². The van der Waals surface area contributed by atoms with E-state index in [4.69, 9.17) is 0 Å². The Morgan fingerprint density at radius 2 is 2.17 bits per heavy atom. The summed E-state index contributed by atoms with van der Waals surface area (Å²) < 4.78 is 1.11. The average Bonchev–Trinajstić information content (AvgIpc) is 2.97. The van der Waals surface area contributed by atoms with Crippen molar-refractivity contribution in [3.05, 3.63) is 43.2 Å². The van der Waals surface area contributed by atoms with E-state index in [1.54, 1.807) is 27.6 Å². The van der Waals surface area contributed by atoms with Crippen LogP contribution in [-0.4, -0.2) is 17.9 Å². The summed E-state index contributed by atoms with van der Waals surface area (Å²) in [4.78, 5) is 16.2. The second kappa shape index (κ2) is 6.50. The molecule has 1 amide bonds. The Kier molecular flexibility index (Phi) is 4.97. The Morgan fingerprint density at radius 3 is 2.78 bits per heavy atom. The molecule has 18 heavy (non-hydrogen) atoms. The molecule has 0 bridgehead atoms. The topological polar surface area (TPSA) is 20.3 Å². The smallest absolute Gasteiger partial charge is 0.222 e. The fourth-order valence-electron chi connectivity index (χ4n) is 1.63. The highest BCUT2D eigenvalue weighted by Gasteiger charge is 2.10. The molecular weight excluding hydrogens is 330 g/mol. The summed E-state index contributed by atoms with van der Waals surface area (Å²) in [5.74, 6) is 0.202. The van der Waals surface area contributed by atoms with Gasteiger partial charge in [-0.3, -0.25) is 4.79 Å². The number of thiophene rings is 2. The van der Waals surface area contributed by atoms with Gasteiger partial charge in [0.25, 0.3) is 0 Å². The molecule has 5 heteroatoms. The first-order valence-electron chi connectivity index (χ1n) is 5.65. The Labute approximate surface area is 123 Å². The van der Waals surface area contributed by atoms with Gasteiger partial charge in [-0.15, -0.1) is 22.7 Å². The van der Waals surface area contributed by atoms with Gasteiger partial charge in [-0.05, 0) is 45.9 Å². The third kappa shape index (κ3) is 3.93. The standard InChI is InChI=1S/C13H14BrNOS2/c1-15(9-11-4-6-12(14)18-11)13(16)7-5-10-3-2-8-17-10/h2-4,6,8H,5,7,9H2,1H3. The second-order valence-corrected chi connectivity index (χ2v) is 7.61. The first-order chi connectivity index (χ1) is 8.65. The molecule has 0 aliphatic carbocycles. The van der Waals surface area contributed by atoms with Gasteiger partial charge >= 0.3 is 0 Å². The monoisotopic (exact) mass is 343 g/mol. The van der Waals surface area contributed by atoms with Crippen molar-refractivity contribution in [2.24, 2.45) is 0 Å². The second-order valence-electron chi connectivity index (χ2n) is 4.03. The van der Waals surface area contributed by atoms with Gasteiger partial charge in [0.05, 0.1) is 10.3 Å². The predicted molar refractivity (Wildman–Crippen MR) is 81.1 cm³/mol. The van der Waals surface area contributed by atoms with Crippen molar-refractivity contribution >= 4 is 44.5 Å². The Bertz CT molecular complexity index is 507. The summed E-state index contributed by atoms with van der Waals surface area (Å²) in [6.07, 6.45) is 1.43. The van der Waals surface area contributed by atoms with Crippen molar-refractivity contribution in [3.8, 4) is 0 Å². The summed E-state index contributed by atoms with van der Waals surface area (Å²) in [6.45, 7) is 0.694. The lowest BCUT2D eigenvalue weighted by Crippen LogP contribution is -2.25. The van der Waals surface area contributed by atoms with E-state index >= 15 is 0 Å². The molecule has 0 aliphatic rings. The van der Waals surface area contributed by atoms with E-state index in [-0.39, 0.29) is 5.91 Å². The highest BCUT2D eigenvalue weighted by molar-refractivity contribution is 9.11. The van der Waals surface area contributed by atoms with Gasteiger partial charge in [0.1, 0.15) is 0 Å². The highest BCUT2D eigenvalue weighted by atomic mass is 79.9. The fourth-order valence-corrected chi connectivity index (χ4v) is 3.88. The Hall–Kier alpha value is -0.650. The number of rotatable bonds is 5. The number of hydrogen-bond donors (Lipinski definition) is 0. The molecule has 2 rings (SSSR count). The van der Waals surface area contributed by atoms with Gasteiger partial charge in [-0.2, -0.15) is 0 Å². The summed E-state index contributed by atoms with van der Waals surface area (Å²) in [7, 11) is 1.87. The van der Waals surface area contributed by atoms with Gasteiger partial charge in [-0.1, -0.05) is 6.07 Å². The normalized spacial score (nSPS) is 10.6. The van der Waals surface area contributed by atoms with E-state index in [9.17, 15) is 4.79 Å². The van der Waals surface area contributed by atoms with E-state index in [1.807, 2.05) is 24.6 Å². The largest absolute Gasteiger partial charge is 0.341 e. The van der Waals surface area contributed by atoms with Crippen LogP contribution in [0.3, 0.4) is 0 Å². The zero-order valence-electron chi connectivity index (χ0n) is 10.1. The van der Waals surface area contributed by atoms with Crippen molar-refractivity contribution in [2.45, 2.75) is 19.4 Å². The molecule has 2 nitrogen and oxygen atoms in total. The molecule has 0 N–H and O–H groups in total. The van der Waals surface area contributed by atoms with Crippen LogP contribution in [0.5, 0.6) is 0 Å². The Morgan fingerprint density at radius 1 is 1.33 bits per heavy atom. The fraction of sp³-hybridized carbons (Fsp3) is 0.308. The molecule has 2 aromatic heterocycles. The van der Waals surface area contributed by atoms with Crippen molar-refractivity contribution in [1.82, 2.24) is 4.90 Å². The minimum Gasteiger partial charge on any atom is -0.341 e. The zero-order valence-corrected chi connectivity index (χ0v) is 13.3. The van der Waals surface area contributed by atoms with Crippen LogP contribution in [0.1, 0.15) is 16.2 Å².